The molecule has 3 nitrogen and oxygen atoms in total. The van der Waals surface area contributed by atoms with Crippen molar-refractivity contribution < 1.29 is 18.4 Å². The minimum absolute atomic E-state index is 0.215. The maximum atomic E-state index is 13.3. The number of rotatable bonds is 3. The highest BCUT2D eigenvalue weighted by molar-refractivity contribution is 5.97. The number of amides is 1. The summed E-state index contributed by atoms with van der Waals surface area (Å²) in [6.45, 7) is 4.84. The van der Waals surface area contributed by atoms with Gasteiger partial charge in [0.2, 0.25) is 0 Å². The van der Waals surface area contributed by atoms with Crippen molar-refractivity contribution in [1.82, 2.24) is 5.32 Å². The van der Waals surface area contributed by atoms with Crippen molar-refractivity contribution in [3.8, 4) is 0 Å². The molecule has 98 valence electrons. The maximum absolute atomic E-state index is 13.3. The monoisotopic (exact) mass is 255 g/mol. The molecule has 0 atom stereocenters. The van der Waals surface area contributed by atoms with E-state index in [1.54, 1.807) is 20.8 Å². The average Bonchev–Trinajstić information content (AvgIpc) is 2.24. The summed E-state index contributed by atoms with van der Waals surface area (Å²) < 4.78 is 26.5. The maximum Gasteiger partial charge on any atom is 0.257 e. The van der Waals surface area contributed by atoms with Gasteiger partial charge in [-0.25, -0.2) is 8.78 Å². The van der Waals surface area contributed by atoms with Crippen LogP contribution in [0.25, 0.3) is 0 Å². The molecule has 0 radical (unpaired) electrons. The summed E-state index contributed by atoms with van der Waals surface area (Å²) in [7, 11) is 0. The molecular weight excluding hydrogens is 240 g/mol. The molecule has 1 rings (SSSR count). The summed E-state index contributed by atoms with van der Waals surface area (Å²) in [6, 6.07) is 3.15. The molecule has 1 amide bonds. The molecule has 0 aliphatic carbocycles. The molecule has 5 heteroatoms. The molecule has 1 aromatic rings. The molecule has 0 aliphatic heterocycles. The smallest absolute Gasteiger partial charge is 0.257 e. The fourth-order valence-corrected chi connectivity index (χ4v) is 1.23. The Hall–Kier alpha value is -1.78. The van der Waals surface area contributed by atoms with E-state index in [-0.39, 0.29) is 12.3 Å². The van der Waals surface area contributed by atoms with Crippen LogP contribution in [0.2, 0.25) is 0 Å². The van der Waals surface area contributed by atoms with E-state index in [4.69, 9.17) is 0 Å². The van der Waals surface area contributed by atoms with Crippen LogP contribution in [0.15, 0.2) is 18.2 Å². The third kappa shape index (κ3) is 3.35. The molecular formula is C13H15F2NO2. The molecule has 1 aromatic carbocycles. The van der Waals surface area contributed by atoms with Gasteiger partial charge in [0.05, 0.1) is 6.54 Å². The van der Waals surface area contributed by atoms with Crippen molar-refractivity contribution in [2.24, 2.45) is 5.41 Å². The van der Waals surface area contributed by atoms with Gasteiger partial charge in [-0.15, -0.1) is 0 Å². The summed E-state index contributed by atoms with van der Waals surface area (Å²) in [5.74, 6) is -3.04. The fourth-order valence-electron chi connectivity index (χ4n) is 1.23. The molecule has 0 heterocycles. The summed E-state index contributed by atoms with van der Waals surface area (Å²) in [5, 5.41) is 2.22. The molecule has 0 aromatic heterocycles. The first-order chi connectivity index (χ1) is 8.23. The van der Waals surface area contributed by atoms with Gasteiger partial charge in [0.25, 0.3) is 5.91 Å². The van der Waals surface area contributed by atoms with Gasteiger partial charge in [0.15, 0.2) is 5.78 Å². The van der Waals surface area contributed by atoms with Gasteiger partial charge in [-0.3, -0.25) is 9.59 Å². The van der Waals surface area contributed by atoms with E-state index in [1.165, 1.54) is 6.07 Å². The van der Waals surface area contributed by atoms with Crippen LogP contribution in [0.5, 0.6) is 0 Å². The Morgan fingerprint density at radius 1 is 1.17 bits per heavy atom. The lowest BCUT2D eigenvalue weighted by Gasteiger charge is -2.16. The normalized spacial score (nSPS) is 11.2. The van der Waals surface area contributed by atoms with Crippen molar-refractivity contribution >= 4 is 11.7 Å². The zero-order chi connectivity index (χ0) is 13.9. The predicted molar refractivity (Wildman–Crippen MR) is 63.2 cm³/mol. The zero-order valence-corrected chi connectivity index (χ0v) is 10.5. The van der Waals surface area contributed by atoms with E-state index >= 15 is 0 Å². The van der Waals surface area contributed by atoms with E-state index in [9.17, 15) is 18.4 Å². The van der Waals surface area contributed by atoms with Gasteiger partial charge in [-0.1, -0.05) is 26.8 Å². The van der Waals surface area contributed by atoms with E-state index in [0.717, 1.165) is 12.1 Å². The van der Waals surface area contributed by atoms with Crippen LogP contribution in [0.4, 0.5) is 8.78 Å². The number of hydrogen-bond donors (Lipinski definition) is 1. The highest BCUT2D eigenvalue weighted by Crippen LogP contribution is 2.14. The van der Waals surface area contributed by atoms with Gasteiger partial charge in [0, 0.05) is 5.41 Å². The number of benzene rings is 1. The zero-order valence-electron chi connectivity index (χ0n) is 10.5. The molecule has 0 saturated heterocycles. The van der Waals surface area contributed by atoms with Gasteiger partial charge in [-0.2, -0.15) is 0 Å². The van der Waals surface area contributed by atoms with E-state index < -0.39 is 28.5 Å². The predicted octanol–water partition coefficient (Wildman–Crippen LogP) is 2.31. The van der Waals surface area contributed by atoms with Crippen LogP contribution in [0, 0.1) is 17.0 Å². The first kappa shape index (κ1) is 14.3. The Morgan fingerprint density at radius 2 is 1.67 bits per heavy atom. The van der Waals surface area contributed by atoms with Gasteiger partial charge in [0.1, 0.15) is 17.2 Å². The summed E-state index contributed by atoms with van der Waals surface area (Å²) in [6.07, 6.45) is 0. The van der Waals surface area contributed by atoms with Crippen molar-refractivity contribution in [1.29, 1.82) is 0 Å². The molecule has 0 bridgehead atoms. The van der Waals surface area contributed by atoms with Gasteiger partial charge in [-0.05, 0) is 12.1 Å². The van der Waals surface area contributed by atoms with Crippen molar-refractivity contribution in [2.75, 3.05) is 6.54 Å². The first-order valence-corrected chi connectivity index (χ1v) is 5.49. The molecule has 0 fully saturated rings. The Balaban J connectivity index is 2.76. The van der Waals surface area contributed by atoms with Crippen LogP contribution >= 0.6 is 0 Å². The topological polar surface area (TPSA) is 46.2 Å². The van der Waals surface area contributed by atoms with Gasteiger partial charge >= 0.3 is 0 Å². The second-order valence-electron chi connectivity index (χ2n) is 4.95. The van der Waals surface area contributed by atoms with Gasteiger partial charge < -0.3 is 5.32 Å². The van der Waals surface area contributed by atoms with Crippen molar-refractivity contribution in [2.45, 2.75) is 20.8 Å². The lowest BCUT2D eigenvalue weighted by molar-refractivity contribution is -0.125. The summed E-state index contributed by atoms with van der Waals surface area (Å²) in [4.78, 5) is 23.1. The number of ketones is 1. The lowest BCUT2D eigenvalue weighted by Crippen LogP contribution is -2.36. The second-order valence-corrected chi connectivity index (χ2v) is 4.95. The Kier molecular flexibility index (Phi) is 4.16. The van der Waals surface area contributed by atoms with Crippen LogP contribution in [-0.4, -0.2) is 18.2 Å². The largest absolute Gasteiger partial charge is 0.345 e. The summed E-state index contributed by atoms with van der Waals surface area (Å²) in [5.41, 5.74) is -1.28. The molecule has 0 saturated carbocycles. The number of nitrogens with one attached hydrogen (secondary N) is 1. The highest BCUT2D eigenvalue weighted by Gasteiger charge is 2.23. The number of carbonyl (C=O) groups is 2. The van der Waals surface area contributed by atoms with Crippen LogP contribution in [0.3, 0.4) is 0 Å². The van der Waals surface area contributed by atoms with Crippen LogP contribution in [0.1, 0.15) is 31.1 Å². The van der Waals surface area contributed by atoms with Crippen LogP contribution < -0.4 is 5.32 Å². The number of carbonyl (C=O) groups excluding carboxylic acids is 2. The average molecular weight is 255 g/mol. The minimum Gasteiger partial charge on any atom is -0.345 e. The Bertz CT molecular complexity index is 458. The standard InChI is InChI=1S/C13H15F2NO2/c1-13(2,3)10(17)7-16-12(18)11-8(14)5-4-6-9(11)15/h4-6H,7H2,1-3H3,(H,16,18). The molecule has 0 aliphatic rings. The quantitative estimate of drug-likeness (QED) is 0.900. The number of Topliss-reactive ketones (excluding diaryl/α,β-unsaturated/α-hetero) is 1. The SMILES string of the molecule is CC(C)(C)C(=O)CNC(=O)c1c(F)cccc1F. The first-order valence-electron chi connectivity index (χ1n) is 5.49. The Morgan fingerprint density at radius 3 is 2.11 bits per heavy atom. The molecule has 1 N–H and O–H groups in total. The fraction of sp³-hybridized carbons (Fsp3) is 0.385. The lowest BCUT2D eigenvalue weighted by atomic mass is 9.91. The van der Waals surface area contributed by atoms with E-state index in [1.807, 2.05) is 0 Å². The van der Waals surface area contributed by atoms with Crippen molar-refractivity contribution in [3.05, 3.63) is 35.4 Å². The molecule has 18 heavy (non-hydrogen) atoms. The van der Waals surface area contributed by atoms with E-state index in [0.29, 0.717) is 0 Å². The van der Waals surface area contributed by atoms with Crippen molar-refractivity contribution in [3.63, 3.8) is 0 Å². The third-order valence-corrected chi connectivity index (χ3v) is 2.44. The Labute approximate surface area is 104 Å². The third-order valence-electron chi connectivity index (χ3n) is 2.44. The highest BCUT2D eigenvalue weighted by atomic mass is 19.1. The number of halogens is 2. The number of hydrogen-bond acceptors (Lipinski definition) is 2. The second kappa shape index (κ2) is 5.25. The minimum atomic E-state index is -0.948. The summed E-state index contributed by atoms with van der Waals surface area (Å²) >= 11 is 0. The molecule has 0 spiro atoms. The van der Waals surface area contributed by atoms with E-state index in [2.05, 4.69) is 5.32 Å². The van der Waals surface area contributed by atoms with Crippen LogP contribution in [-0.2, 0) is 4.79 Å². The molecule has 0 unspecified atom stereocenters.